The molecular formula is C48H46N12O7S6. The number of pyridine rings is 1. The average Bonchev–Trinajstić information content (AvgIpc) is 4.26. The Morgan fingerprint density at radius 2 is 1.41 bits per heavy atom. The SMILES string of the molecule is CNC(=O)C[C@@H]1NC(=O)c2csc(n2)-c2ccc(-c3nc(C)cs3)nc2-c2csc(n2)-c2csc(n2)C([C@@H](O)c2ccccc2)NC(=O)CNC(=O)c2nc(sc2COC)[C@@H](C(C)C)NC(=O)c2nc1sc2C. The Hall–Kier alpha value is -6.58. The molecule has 0 aliphatic carbocycles. The quantitative estimate of drug-likeness (QED) is 0.0855. The fraction of sp³-hybridized carbons (Fsp3) is 0.292. The van der Waals surface area contributed by atoms with Gasteiger partial charge in [-0.25, -0.2) is 34.9 Å². The maximum absolute atomic E-state index is 14.2. The summed E-state index contributed by atoms with van der Waals surface area (Å²) in [6.45, 7) is 6.97. The molecule has 1 aliphatic rings. The van der Waals surface area contributed by atoms with Gasteiger partial charge in [0.2, 0.25) is 11.8 Å². The normalized spacial score (nSPS) is 17.1. The number of nitrogens with one attached hydrogen (secondary N) is 5. The Morgan fingerprint density at radius 3 is 2.15 bits per heavy atom. The number of carbonyl (C=O) groups excluding carboxylic acids is 5. The van der Waals surface area contributed by atoms with Crippen LogP contribution in [0.1, 0.15) is 112 Å². The third-order valence-electron chi connectivity index (χ3n) is 11.4. The van der Waals surface area contributed by atoms with Crippen LogP contribution in [0.15, 0.2) is 64.0 Å². The number of aliphatic hydroxyl groups is 1. The first kappa shape index (κ1) is 51.3. The first-order chi connectivity index (χ1) is 35.2. The van der Waals surface area contributed by atoms with Crippen LogP contribution in [0.4, 0.5) is 0 Å². The van der Waals surface area contributed by atoms with Crippen molar-refractivity contribution in [1.82, 2.24) is 61.5 Å². The van der Waals surface area contributed by atoms with Crippen LogP contribution in [0, 0.1) is 19.8 Å². The minimum absolute atomic E-state index is 0.0197. The highest BCUT2D eigenvalue weighted by atomic mass is 32.1. The molecule has 4 atom stereocenters. The molecule has 1 aromatic carbocycles. The van der Waals surface area contributed by atoms with Gasteiger partial charge in [-0.2, -0.15) is 0 Å². The molecule has 0 radical (unpaired) electrons. The lowest BCUT2D eigenvalue weighted by Crippen LogP contribution is -2.40. The van der Waals surface area contributed by atoms with Gasteiger partial charge in [-0.05, 0) is 37.5 Å². The van der Waals surface area contributed by atoms with E-state index in [0.717, 1.165) is 5.69 Å². The third-order valence-corrected chi connectivity index (χ3v) is 17.2. The van der Waals surface area contributed by atoms with Gasteiger partial charge in [0.05, 0.1) is 42.2 Å². The molecule has 25 heteroatoms. The standard InChI is InChI=1S/C48H46N12O7S6/c1-21(2)34-48-60-37(31(73-48)16-67-6)41(65)50-15-33(62)57-38(39(63)24-10-8-7-9-11-24)47-56-30(20-71-47)45-54-28(18-70-45)36-25(12-13-26(52-36)44-51-22(3)17-68-44)43-55-29(19-69-43)40(64)53-27(14-32(61)49-5)46-59-35(23(4)72-46)42(66)58-34/h7-13,17-21,27,34,38-39,63H,14-16H2,1-6H3,(H,49,61)(H,50,65)(H,53,64)(H,57,62)(H,58,66)/t27-,34+,38?,39-/m0/s1. The number of benzene rings is 1. The molecule has 8 aromatic rings. The monoisotopic (exact) mass is 1090 g/mol. The molecule has 0 fully saturated rings. The van der Waals surface area contributed by atoms with E-state index in [1.807, 2.05) is 49.7 Å². The van der Waals surface area contributed by atoms with Crippen LogP contribution in [-0.2, 0) is 20.9 Å². The molecule has 19 nitrogen and oxygen atoms in total. The van der Waals surface area contributed by atoms with Crippen molar-refractivity contribution in [2.24, 2.45) is 5.92 Å². The number of methoxy groups -OCH3 is 1. The van der Waals surface area contributed by atoms with Gasteiger partial charge in [0, 0.05) is 51.8 Å². The second-order valence-corrected chi connectivity index (χ2v) is 22.7. The van der Waals surface area contributed by atoms with Crippen LogP contribution >= 0.6 is 68.0 Å². The second kappa shape index (κ2) is 22.3. The Balaban J connectivity index is 1.13. The van der Waals surface area contributed by atoms with Gasteiger partial charge in [-0.3, -0.25) is 24.0 Å². The summed E-state index contributed by atoms with van der Waals surface area (Å²) < 4.78 is 5.44. The van der Waals surface area contributed by atoms with Crippen LogP contribution in [0.3, 0.4) is 0 Å². The molecule has 73 heavy (non-hydrogen) atoms. The van der Waals surface area contributed by atoms with Crippen molar-refractivity contribution in [2.45, 2.75) is 65.0 Å². The predicted octanol–water partition coefficient (Wildman–Crippen LogP) is 7.62. The minimum Gasteiger partial charge on any atom is -0.386 e. The number of carbonyl (C=O) groups is 5. The van der Waals surface area contributed by atoms with Crippen molar-refractivity contribution in [3.05, 3.63) is 117 Å². The number of nitrogens with zero attached hydrogens (tertiary/aromatic N) is 7. The summed E-state index contributed by atoms with van der Waals surface area (Å²) in [5.41, 5.74) is 4.24. The van der Waals surface area contributed by atoms with Gasteiger partial charge in [0.1, 0.15) is 76.4 Å². The highest BCUT2D eigenvalue weighted by Crippen LogP contribution is 2.40. The van der Waals surface area contributed by atoms with Gasteiger partial charge >= 0.3 is 0 Å². The van der Waals surface area contributed by atoms with Gasteiger partial charge < -0.3 is 36.4 Å². The van der Waals surface area contributed by atoms with E-state index in [9.17, 15) is 29.1 Å². The van der Waals surface area contributed by atoms with E-state index in [0.29, 0.717) is 73.7 Å². The van der Waals surface area contributed by atoms with Crippen molar-refractivity contribution in [1.29, 1.82) is 0 Å². The van der Waals surface area contributed by atoms with Crippen molar-refractivity contribution < 1.29 is 33.8 Å². The molecule has 6 N–H and O–H groups in total. The van der Waals surface area contributed by atoms with Gasteiger partial charge in [0.25, 0.3) is 17.7 Å². The first-order valence-corrected chi connectivity index (χ1v) is 27.7. The van der Waals surface area contributed by atoms with Crippen molar-refractivity contribution in [3.63, 3.8) is 0 Å². The van der Waals surface area contributed by atoms with Crippen molar-refractivity contribution >= 4 is 97.6 Å². The number of rotatable bonds is 8. The largest absolute Gasteiger partial charge is 0.386 e. The fourth-order valence-electron chi connectivity index (χ4n) is 7.66. The first-order valence-electron chi connectivity index (χ1n) is 22.6. The molecule has 1 aliphatic heterocycles. The maximum atomic E-state index is 14.2. The summed E-state index contributed by atoms with van der Waals surface area (Å²) >= 11 is 7.59. The van der Waals surface area contributed by atoms with E-state index < -0.39 is 54.4 Å². The topological polar surface area (TPSA) is 265 Å². The van der Waals surface area contributed by atoms with Crippen LogP contribution in [0.5, 0.6) is 0 Å². The van der Waals surface area contributed by atoms with E-state index in [1.165, 1.54) is 82.2 Å². The van der Waals surface area contributed by atoms with Gasteiger partial charge in [0.15, 0.2) is 0 Å². The van der Waals surface area contributed by atoms with E-state index in [1.54, 1.807) is 41.9 Å². The van der Waals surface area contributed by atoms with Crippen LogP contribution < -0.4 is 26.6 Å². The van der Waals surface area contributed by atoms with Gasteiger partial charge in [-0.15, -0.1) is 68.0 Å². The van der Waals surface area contributed by atoms with Crippen LogP contribution in [0.2, 0.25) is 0 Å². The molecule has 9 rings (SSSR count). The number of thiazole rings is 6. The van der Waals surface area contributed by atoms with Crippen molar-refractivity contribution in [3.8, 4) is 43.4 Å². The molecule has 1 unspecified atom stereocenters. The summed E-state index contributed by atoms with van der Waals surface area (Å²) in [5, 5.41) is 36.0. The smallest absolute Gasteiger partial charge is 0.271 e. The summed E-state index contributed by atoms with van der Waals surface area (Å²) in [5.74, 6) is -2.94. The van der Waals surface area contributed by atoms with E-state index in [2.05, 4.69) is 41.5 Å². The highest BCUT2D eigenvalue weighted by molar-refractivity contribution is 7.15. The third kappa shape index (κ3) is 11.3. The zero-order chi connectivity index (χ0) is 51.5. The molecule has 8 heterocycles. The Labute approximate surface area is 442 Å². The number of aromatic nitrogens is 7. The van der Waals surface area contributed by atoms with Gasteiger partial charge in [-0.1, -0.05) is 44.2 Å². The van der Waals surface area contributed by atoms with Crippen LogP contribution in [-0.4, -0.2) is 90.2 Å². The maximum Gasteiger partial charge on any atom is 0.271 e. The lowest BCUT2D eigenvalue weighted by Gasteiger charge is -2.23. The number of hydrogen-bond donors (Lipinski definition) is 6. The number of aryl methyl sites for hydroxylation is 2. The highest BCUT2D eigenvalue weighted by Gasteiger charge is 2.32. The summed E-state index contributed by atoms with van der Waals surface area (Å²) in [6.07, 6.45) is -1.41. The molecule has 10 bridgehead atoms. The number of amides is 5. The molecule has 0 saturated heterocycles. The minimum atomic E-state index is -1.23. The average molecular weight is 1100 g/mol. The molecule has 0 saturated carbocycles. The molecule has 376 valence electrons. The number of ether oxygens (including phenoxy) is 1. The van der Waals surface area contributed by atoms with E-state index in [-0.39, 0.29) is 41.9 Å². The zero-order valence-electron chi connectivity index (χ0n) is 39.8. The molecular weight excluding hydrogens is 1050 g/mol. The molecule has 7 aromatic heterocycles. The number of aliphatic hydroxyl groups excluding tert-OH is 1. The Kier molecular flexibility index (Phi) is 15.7. The molecule has 0 spiro atoms. The Morgan fingerprint density at radius 1 is 0.699 bits per heavy atom. The predicted molar refractivity (Wildman–Crippen MR) is 282 cm³/mol. The second-order valence-electron chi connectivity index (χ2n) is 16.9. The summed E-state index contributed by atoms with van der Waals surface area (Å²) in [6, 6.07) is 9.91. The summed E-state index contributed by atoms with van der Waals surface area (Å²) in [4.78, 5) is 104. The lowest BCUT2D eigenvalue weighted by molar-refractivity contribution is -0.122. The van der Waals surface area contributed by atoms with E-state index in [4.69, 9.17) is 24.7 Å². The lowest BCUT2D eigenvalue weighted by atomic mass is 10.0. The Bertz CT molecular complexity index is 3340. The number of fused-ring (bicyclic) bond motifs is 14. The summed E-state index contributed by atoms with van der Waals surface area (Å²) in [7, 11) is 2.97. The molecule has 5 amide bonds. The number of hydrogen-bond acceptors (Lipinski definition) is 20. The zero-order valence-corrected chi connectivity index (χ0v) is 44.7. The van der Waals surface area contributed by atoms with E-state index >= 15 is 0 Å². The fourth-order valence-corrected chi connectivity index (χ4v) is 13.2. The van der Waals surface area contributed by atoms with Crippen molar-refractivity contribution in [2.75, 3.05) is 20.7 Å². The van der Waals surface area contributed by atoms with Crippen LogP contribution in [0.25, 0.3) is 43.4 Å².